The third kappa shape index (κ3) is 5.09. The van der Waals surface area contributed by atoms with E-state index in [1.807, 2.05) is 0 Å². The lowest BCUT2D eigenvalue weighted by atomic mass is 9.47. The molecule has 1 unspecified atom stereocenters. The van der Waals surface area contributed by atoms with Gasteiger partial charge in [0.05, 0.1) is 0 Å². The number of hydrogen-bond acceptors (Lipinski definition) is 4. The van der Waals surface area contributed by atoms with Gasteiger partial charge in [0, 0.05) is 12.2 Å². The summed E-state index contributed by atoms with van der Waals surface area (Å²) in [6, 6.07) is 0. The van der Waals surface area contributed by atoms with Gasteiger partial charge in [-0.05, 0) is 91.3 Å². The van der Waals surface area contributed by atoms with Crippen LogP contribution in [0.1, 0.15) is 105 Å². The number of rotatable bonds is 8. The van der Waals surface area contributed by atoms with Crippen molar-refractivity contribution in [3.63, 3.8) is 0 Å². The van der Waals surface area contributed by atoms with Crippen LogP contribution in [0.2, 0.25) is 0 Å². The Kier molecular flexibility index (Phi) is 8.37. The summed E-state index contributed by atoms with van der Waals surface area (Å²) in [5.41, 5.74) is 2.39. The van der Waals surface area contributed by atoms with Crippen LogP contribution in [0.5, 0.6) is 0 Å². The van der Waals surface area contributed by atoms with E-state index in [4.69, 9.17) is 9.47 Å². The second-order valence-corrected chi connectivity index (χ2v) is 13.5. The summed E-state index contributed by atoms with van der Waals surface area (Å²) in [7, 11) is 0. The summed E-state index contributed by atoms with van der Waals surface area (Å²) in [6.07, 6.45) is 16.1. The maximum Gasteiger partial charge on any atom is 0.508 e. The maximum absolute atomic E-state index is 12.0. The predicted molar refractivity (Wildman–Crippen MR) is 143 cm³/mol. The first kappa shape index (κ1) is 26.4. The molecule has 0 bridgehead atoms. The number of hydrogen-bond donors (Lipinski definition) is 1. The Bertz CT molecular complexity index is 747. The summed E-state index contributed by atoms with van der Waals surface area (Å²) >= 11 is 4.11. The van der Waals surface area contributed by atoms with Crippen LogP contribution in [-0.4, -0.2) is 24.6 Å². The molecule has 3 nitrogen and oxygen atoms in total. The number of fused-ring (bicyclic) bond motifs is 5. The van der Waals surface area contributed by atoms with Crippen LogP contribution in [0.25, 0.3) is 0 Å². The highest BCUT2D eigenvalue weighted by atomic mass is 32.1. The molecule has 3 fully saturated rings. The van der Waals surface area contributed by atoms with E-state index in [0.717, 1.165) is 54.8 Å². The van der Waals surface area contributed by atoms with E-state index < -0.39 is 6.16 Å². The van der Waals surface area contributed by atoms with E-state index in [1.165, 1.54) is 51.4 Å². The van der Waals surface area contributed by atoms with Gasteiger partial charge < -0.3 is 9.47 Å². The van der Waals surface area contributed by atoms with E-state index in [0.29, 0.717) is 23.2 Å². The van der Waals surface area contributed by atoms with Gasteiger partial charge in [-0.2, -0.15) is 12.6 Å². The van der Waals surface area contributed by atoms with Gasteiger partial charge in [-0.3, -0.25) is 0 Å². The molecule has 0 saturated heterocycles. The van der Waals surface area contributed by atoms with Gasteiger partial charge in [0.1, 0.15) is 12.7 Å². The van der Waals surface area contributed by atoms with Crippen molar-refractivity contribution in [2.45, 2.75) is 111 Å². The molecule has 194 valence electrons. The van der Waals surface area contributed by atoms with E-state index >= 15 is 0 Å². The zero-order valence-corrected chi connectivity index (χ0v) is 23.4. The van der Waals surface area contributed by atoms with Gasteiger partial charge in [-0.1, -0.05) is 65.5 Å². The maximum atomic E-state index is 12.0. The third-order valence-electron chi connectivity index (χ3n) is 10.8. The molecule has 0 amide bonds. The van der Waals surface area contributed by atoms with Gasteiger partial charge in [0.2, 0.25) is 0 Å². The van der Waals surface area contributed by atoms with Gasteiger partial charge in [0.25, 0.3) is 0 Å². The zero-order chi connectivity index (χ0) is 24.5. The topological polar surface area (TPSA) is 35.5 Å². The first-order chi connectivity index (χ1) is 16.2. The third-order valence-corrected chi connectivity index (χ3v) is 11.0. The van der Waals surface area contributed by atoms with Crippen molar-refractivity contribution in [1.82, 2.24) is 0 Å². The first-order valence-corrected chi connectivity index (χ1v) is 15.0. The summed E-state index contributed by atoms with van der Waals surface area (Å²) in [5.74, 6) is 5.68. The molecule has 0 aromatic heterocycles. The highest BCUT2D eigenvalue weighted by Gasteiger charge is 2.59. The van der Waals surface area contributed by atoms with Crippen molar-refractivity contribution in [3.8, 4) is 0 Å². The SMILES string of the molecule is CC(C)CCC[C@@H](C)C1CC[C@H]2[C@@H]3CC=C4C[C@@H](OC(=O)OCCS)CC[C@]4(C)[C@H]3CC[C@]12C. The van der Waals surface area contributed by atoms with Crippen LogP contribution in [0, 0.1) is 46.3 Å². The average molecular weight is 491 g/mol. The van der Waals surface area contributed by atoms with Crippen molar-refractivity contribution >= 4 is 18.8 Å². The average Bonchev–Trinajstić information content (AvgIpc) is 3.15. The van der Waals surface area contributed by atoms with Crippen LogP contribution < -0.4 is 0 Å². The normalized spacial score (nSPS) is 40.1. The molecule has 4 heteroatoms. The van der Waals surface area contributed by atoms with Crippen molar-refractivity contribution < 1.29 is 14.3 Å². The second kappa shape index (κ2) is 10.8. The van der Waals surface area contributed by atoms with Crippen LogP contribution in [0.3, 0.4) is 0 Å². The van der Waals surface area contributed by atoms with E-state index in [-0.39, 0.29) is 6.10 Å². The van der Waals surface area contributed by atoms with Gasteiger partial charge in [-0.15, -0.1) is 0 Å². The number of thiol groups is 1. The molecule has 0 aromatic carbocycles. The van der Waals surface area contributed by atoms with Crippen molar-refractivity contribution in [3.05, 3.63) is 11.6 Å². The molecule has 4 aliphatic carbocycles. The van der Waals surface area contributed by atoms with Crippen molar-refractivity contribution in [2.24, 2.45) is 46.3 Å². The zero-order valence-electron chi connectivity index (χ0n) is 22.5. The Hall–Kier alpha value is -0.640. The smallest absolute Gasteiger partial charge is 0.433 e. The second-order valence-electron chi connectivity index (χ2n) is 13.1. The molecule has 34 heavy (non-hydrogen) atoms. The van der Waals surface area contributed by atoms with Gasteiger partial charge in [-0.25, -0.2) is 4.79 Å². The summed E-state index contributed by atoms with van der Waals surface area (Å²) in [6.45, 7) is 12.8. The molecule has 0 aliphatic heterocycles. The lowest BCUT2D eigenvalue weighted by Gasteiger charge is -2.58. The highest BCUT2D eigenvalue weighted by Crippen LogP contribution is 2.67. The first-order valence-electron chi connectivity index (χ1n) is 14.3. The molecule has 0 heterocycles. The Morgan fingerprint density at radius 2 is 1.88 bits per heavy atom. The minimum absolute atomic E-state index is 0.0281. The number of carbonyl (C=O) groups excluding carboxylic acids is 1. The van der Waals surface area contributed by atoms with Gasteiger partial charge in [0.15, 0.2) is 0 Å². The Balaban J connectivity index is 1.41. The molecule has 4 aliphatic rings. The highest BCUT2D eigenvalue weighted by molar-refractivity contribution is 7.80. The molecular formula is C30H50O3S. The van der Waals surface area contributed by atoms with E-state index in [9.17, 15) is 4.79 Å². The minimum atomic E-state index is -0.523. The quantitative estimate of drug-likeness (QED) is 0.210. The molecular weight excluding hydrogens is 440 g/mol. The molecule has 3 saturated carbocycles. The standard InChI is InChI=1S/C30H50O3S/c1-20(2)7-6-8-21(3)25-11-12-26-24-10-9-22-19-23(33-28(31)32-17-18-34)13-15-29(22,4)27(24)14-16-30(25,26)5/h9,20-21,23-27,34H,6-8,10-19H2,1-5H3/t21-,23+,24+,25?,26+,27+,29+,30-/m1/s1. The van der Waals surface area contributed by atoms with Crippen LogP contribution in [0.4, 0.5) is 4.79 Å². The fraction of sp³-hybridized carbons (Fsp3) is 0.900. The largest absolute Gasteiger partial charge is 0.508 e. The number of allylic oxidation sites excluding steroid dienone is 1. The predicted octanol–water partition coefficient (Wildman–Crippen LogP) is 8.48. The summed E-state index contributed by atoms with van der Waals surface area (Å²) in [5, 5.41) is 0. The summed E-state index contributed by atoms with van der Waals surface area (Å²) in [4.78, 5) is 12.0. The monoisotopic (exact) mass is 490 g/mol. The van der Waals surface area contributed by atoms with Gasteiger partial charge >= 0.3 is 6.16 Å². The van der Waals surface area contributed by atoms with Crippen LogP contribution in [-0.2, 0) is 9.47 Å². The lowest BCUT2D eigenvalue weighted by Crippen LogP contribution is -2.51. The fourth-order valence-corrected chi connectivity index (χ4v) is 9.14. The molecule has 8 atom stereocenters. The van der Waals surface area contributed by atoms with Crippen LogP contribution in [0.15, 0.2) is 11.6 Å². The van der Waals surface area contributed by atoms with Crippen molar-refractivity contribution in [1.29, 1.82) is 0 Å². The lowest BCUT2D eigenvalue weighted by molar-refractivity contribution is -0.0614. The molecule has 0 N–H and O–H groups in total. The molecule has 0 spiro atoms. The fourth-order valence-electron chi connectivity index (χ4n) is 9.05. The Labute approximate surface area is 214 Å². The Morgan fingerprint density at radius 3 is 2.62 bits per heavy atom. The van der Waals surface area contributed by atoms with E-state index in [2.05, 4.69) is 53.3 Å². The number of ether oxygens (including phenoxy) is 2. The Morgan fingerprint density at radius 1 is 1.09 bits per heavy atom. The molecule has 4 rings (SSSR count). The minimum Gasteiger partial charge on any atom is -0.433 e. The molecule has 0 aromatic rings. The van der Waals surface area contributed by atoms with E-state index in [1.54, 1.807) is 5.57 Å². The summed E-state index contributed by atoms with van der Waals surface area (Å²) < 4.78 is 10.8. The van der Waals surface area contributed by atoms with Crippen LogP contribution >= 0.6 is 12.6 Å². The molecule has 0 radical (unpaired) electrons. The number of carbonyl (C=O) groups is 1. The van der Waals surface area contributed by atoms with Crippen molar-refractivity contribution in [2.75, 3.05) is 12.4 Å².